The summed E-state index contributed by atoms with van der Waals surface area (Å²) in [5.41, 5.74) is 1.04. The molecule has 3 fully saturated rings. The molecular formula is C36H53F2N7O4. The van der Waals surface area contributed by atoms with E-state index in [9.17, 15) is 23.2 Å². The lowest BCUT2D eigenvalue weighted by molar-refractivity contribution is -0.131. The Kier molecular flexibility index (Phi) is 12.8. The van der Waals surface area contributed by atoms with Gasteiger partial charge in [-0.15, -0.1) is 10.2 Å². The average Bonchev–Trinajstić information content (AvgIpc) is 3.60. The summed E-state index contributed by atoms with van der Waals surface area (Å²) in [6.45, 7) is 7.47. The Morgan fingerprint density at radius 1 is 0.939 bits per heavy atom. The number of alkyl halides is 2. The highest BCUT2D eigenvalue weighted by Gasteiger charge is 2.43. The van der Waals surface area contributed by atoms with Crippen LogP contribution in [-0.4, -0.2) is 88.2 Å². The quantitative estimate of drug-likeness (QED) is 0.238. The van der Waals surface area contributed by atoms with Crippen LogP contribution in [0.25, 0.3) is 0 Å². The van der Waals surface area contributed by atoms with Crippen LogP contribution in [0.15, 0.2) is 30.3 Å². The van der Waals surface area contributed by atoms with Crippen LogP contribution in [-0.2, 0) is 25.5 Å². The van der Waals surface area contributed by atoms with Crippen molar-refractivity contribution in [1.29, 1.82) is 0 Å². The van der Waals surface area contributed by atoms with Gasteiger partial charge in [0.2, 0.25) is 23.6 Å². The first kappa shape index (κ1) is 36.8. The van der Waals surface area contributed by atoms with Crippen molar-refractivity contribution < 1.29 is 27.9 Å². The number of piperidine rings is 1. The number of likely N-dealkylation sites (N-methyl/N-ethyl adjacent to an activating group) is 1. The van der Waals surface area contributed by atoms with Crippen LogP contribution in [0.4, 0.5) is 8.78 Å². The Hall–Kier alpha value is -3.45. The number of nitrogens with zero attached hydrogens (tertiary/aromatic N) is 4. The van der Waals surface area contributed by atoms with Crippen molar-refractivity contribution in [2.45, 2.75) is 121 Å². The number of hydrogen-bond acceptors (Lipinski definition) is 7. The van der Waals surface area contributed by atoms with E-state index < -0.39 is 5.92 Å². The first-order valence-corrected chi connectivity index (χ1v) is 18.1. The maximum atomic E-state index is 13.8. The number of carbonyl (C=O) groups is 3. The molecule has 3 aliphatic rings. The molecule has 3 amide bonds. The molecule has 1 aliphatic carbocycles. The van der Waals surface area contributed by atoms with E-state index in [1.54, 1.807) is 0 Å². The van der Waals surface area contributed by atoms with Crippen molar-refractivity contribution in [1.82, 2.24) is 35.6 Å². The number of amides is 3. The highest BCUT2D eigenvalue weighted by Crippen LogP contribution is 2.43. The van der Waals surface area contributed by atoms with Gasteiger partial charge in [-0.2, -0.15) is 0 Å². The van der Waals surface area contributed by atoms with E-state index in [-0.39, 0.29) is 80.5 Å². The highest BCUT2D eigenvalue weighted by atomic mass is 19.3. The van der Waals surface area contributed by atoms with Gasteiger partial charge < -0.3 is 25.3 Å². The number of nitrogens with one attached hydrogen (secondary N) is 3. The lowest BCUT2D eigenvalue weighted by atomic mass is 9.86. The molecule has 1 aromatic carbocycles. The molecule has 1 aromatic heterocycles. The number of benzene rings is 1. The van der Waals surface area contributed by atoms with E-state index in [1.165, 1.54) is 0 Å². The molecule has 0 radical (unpaired) electrons. The van der Waals surface area contributed by atoms with E-state index >= 15 is 0 Å². The predicted octanol–water partition coefficient (Wildman–Crippen LogP) is 4.45. The smallest absolute Gasteiger partial charge is 0.248 e. The molecule has 49 heavy (non-hydrogen) atoms. The van der Waals surface area contributed by atoms with Crippen LogP contribution < -0.4 is 16.0 Å². The maximum absolute atomic E-state index is 13.8. The molecule has 0 spiro atoms. The van der Waals surface area contributed by atoms with Gasteiger partial charge in [-0.05, 0) is 57.4 Å². The largest absolute Gasteiger partial charge is 0.362 e. The summed E-state index contributed by atoms with van der Waals surface area (Å²) in [5, 5.41) is 17.9. The Morgan fingerprint density at radius 2 is 1.59 bits per heavy atom. The topological polar surface area (TPSA) is 130 Å². The summed E-state index contributed by atoms with van der Waals surface area (Å²) in [6, 6.07) is 10.8. The second-order valence-electron chi connectivity index (χ2n) is 14.2. The molecule has 2 aromatic rings. The van der Waals surface area contributed by atoms with Crippen molar-refractivity contribution >= 4 is 17.7 Å². The molecule has 2 saturated heterocycles. The Morgan fingerprint density at radius 3 is 2.22 bits per heavy atom. The molecule has 2 unspecified atom stereocenters. The van der Waals surface area contributed by atoms with Gasteiger partial charge in [-0.1, -0.05) is 44.2 Å². The SMILES string of the molecule is CCNC(=O)COCC(=O)NCCc1nnc(C(C)C)n1C1CC2CCC(C1)N2CC[C@H](NC(=O)C1CCC(F)(F)CC1)c1ccccc1. The molecule has 270 valence electrons. The summed E-state index contributed by atoms with van der Waals surface area (Å²) < 4.78 is 35.0. The molecule has 13 heteroatoms. The minimum absolute atomic E-state index is 0.115. The maximum Gasteiger partial charge on any atom is 0.248 e. The third-order valence-corrected chi connectivity index (χ3v) is 10.3. The number of halogens is 2. The van der Waals surface area contributed by atoms with Crippen LogP contribution in [0.3, 0.4) is 0 Å². The normalized spacial score (nSPS) is 22.9. The zero-order valence-electron chi connectivity index (χ0n) is 29.1. The van der Waals surface area contributed by atoms with E-state index in [4.69, 9.17) is 4.74 Å². The zero-order chi connectivity index (χ0) is 35.0. The van der Waals surface area contributed by atoms with Gasteiger partial charge in [-0.25, -0.2) is 8.78 Å². The monoisotopic (exact) mass is 685 g/mol. The van der Waals surface area contributed by atoms with Gasteiger partial charge >= 0.3 is 0 Å². The first-order chi connectivity index (χ1) is 23.5. The molecular weight excluding hydrogens is 632 g/mol. The molecule has 5 rings (SSSR count). The zero-order valence-corrected chi connectivity index (χ0v) is 29.1. The first-order valence-electron chi connectivity index (χ1n) is 18.1. The van der Waals surface area contributed by atoms with Crippen LogP contribution in [0.1, 0.15) is 114 Å². The molecule has 1 saturated carbocycles. The van der Waals surface area contributed by atoms with Gasteiger partial charge in [0.1, 0.15) is 24.9 Å². The van der Waals surface area contributed by atoms with Gasteiger partial charge in [0.05, 0.1) is 6.04 Å². The number of fused-ring (bicyclic) bond motifs is 2. The molecule has 3 N–H and O–H groups in total. The van der Waals surface area contributed by atoms with Crippen LogP contribution in [0.2, 0.25) is 0 Å². The number of aromatic nitrogens is 3. The summed E-state index contributed by atoms with van der Waals surface area (Å²) in [7, 11) is 0. The second kappa shape index (κ2) is 17.0. The van der Waals surface area contributed by atoms with Crippen molar-refractivity contribution in [3.05, 3.63) is 47.5 Å². The van der Waals surface area contributed by atoms with E-state index in [2.05, 4.69) is 49.5 Å². The molecule has 2 aliphatic heterocycles. The Balaban J connectivity index is 1.18. The predicted molar refractivity (Wildman–Crippen MR) is 181 cm³/mol. The molecule has 3 atom stereocenters. The third kappa shape index (κ3) is 9.84. The third-order valence-electron chi connectivity index (χ3n) is 10.3. The average molecular weight is 686 g/mol. The number of carbonyl (C=O) groups excluding carboxylic acids is 3. The fourth-order valence-electron chi connectivity index (χ4n) is 7.85. The molecule has 11 nitrogen and oxygen atoms in total. The van der Waals surface area contributed by atoms with Crippen molar-refractivity contribution in [3.63, 3.8) is 0 Å². The van der Waals surface area contributed by atoms with Crippen molar-refractivity contribution in [2.75, 3.05) is 32.8 Å². The highest BCUT2D eigenvalue weighted by molar-refractivity contribution is 5.80. The van der Waals surface area contributed by atoms with Gasteiger partial charge in [-0.3, -0.25) is 19.3 Å². The minimum atomic E-state index is -2.66. The van der Waals surface area contributed by atoms with Gasteiger partial charge in [0.25, 0.3) is 0 Å². The fraction of sp³-hybridized carbons (Fsp3) is 0.694. The summed E-state index contributed by atoms with van der Waals surface area (Å²) in [4.78, 5) is 39.7. The van der Waals surface area contributed by atoms with E-state index in [0.29, 0.717) is 31.6 Å². The van der Waals surface area contributed by atoms with Gasteiger partial charge in [0, 0.05) is 68.9 Å². The van der Waals surface area contributed by atoms with Crippen LogP contribution in [0.5, 0.6) is 0 Å². The summed E-state index contributed by atoms with van der Waals surface area (Å²) >= 11 is 0. The molecule has 3 heterocycles. The summed E-state index contributed by atoms with van der Waals surface area (Å²) in [6.07, 6.45) is 5.45. The van der Waals surface area contributed by atoms with Crippen LogP contribution in [0, 0.1) is 5.92 Å². The lowest BCUT2D eigenvalue weighted by Gasteiger charge is -2.41. The fourth-order valence-corrected chi connectivity index (χ4v) is 7.85. The van der Waals surface area contributed by atoms with Gasteiger partial charge in [0.15, 0.2) is 0 Å². The summed E-state index contributed by atoms with van der Waals surface area (Å²) in [5.74, 6) is -1.67. The standard InChI is InChI=1S/C36H53F2N7O4/c1-4-39-32(46)22-49-23-33(47)40-18-14-31-42-43-34(24(2)3)45(31)29-20-27-10-11-28(21-29)44(27)19-15-30(25-8-6-5-7-9-25)41-35(48)26-12-16-36(37,38)17-13-26/h5-9,24,26-30H,4,10-23H2,1-3H3,(H,39,46)(H,40,47)(H,41,48)/t27?,28?,29?,30-/m0/s1. The van der Waals surface area contributed by atoms with Crippen molar-refractivity contribution in [3.8, 4) is 0 Å². The molecule has 2 bridgehead atoms. The lowest BCUT2D eigenvalue weighted by Crippen LogP contribution is -2.45. The Labute approximate surface area is 288 Å². The minimum Gasteiger partial charge on any atom is -0.362 e. The number of hydrogen-bond donors (Lipinski definition) is 3. The number of ether oxygens (including phenoxy) is 1. The van der Waals surface area contributed by atoms with Crippen molar-refractivity contribution in [2.24, 2.45) is 5.92 Å². The second-order valence-corrected chi connectivity index (χ2v) is 14.2. The Bertz CT molecular complexity index is 1380. The number of rotatable bonds is 16. The van der Waals surface area contributed by atoms with Crippen LogP contribution >= 0.6 is 0 Å². The van der Waals surface area contributed by atoms with E-state index in [1.807, 2.05) is 37.3 Å². The van der Waals surface area contributed by atoms with E-state index in [0.717, 1.165) is 55.9 Å².